The summed E-state index contributed by atoms with van der Waals surface area (Å²) < 4.78 is 7.44. The maximum atomic E-state index is 12.4. The molecule has 1 heterocycles. The third-order valence-corrected chi connectivity index (χ3v) is 4.27. The number of nitrogens with one attached hydrogen (secondary N) is 1. The first-order chi connectivity index (χ1) is 12.4. The Morgan fingerprint density at radius 3 is 2.58 bits per heavy atom. The number of amides is 1. The number of anilines is 1. The van der Waals surface area contributed by atoms with Crippen molar-refractivity contribution >= 4 is 23.2 Å². The lowest BCUT2D eigenvalue weighted by Crippen LogP contribution is -2.12. The van der Waals surface area contributed by atoms with Crippen LogP contribution >= 0.6 is 11.6 Å². The fourth-order valence-corrected chi connectivity index (χ4v) is 2.72. The van der Waals surface area contributed by atoms with Crippen LogP contribution < -0.4 is 10.1 Å². The summed E-state index contributed by atoms with van der Waals surface area (Å²) in [5.74, 6) is 0.482. The molecule has 1 N–H and O–H groups in total. The summed E-state index contributed by atoms with van der Waals surface area (Å²) in [4.78, 5) is 12.4. The first kappa shape index (κ1) is 18.0. The SMILES string of the molecule is Cc1ccc(Cl)c(OCc2ccc(C(=O)Nc3cn(C)nc3C)cc2)c1. The number of aryl methyl sites for hydroxylation is 3. The molecule has 26 heavy (non-hydrogen) atoms. The van der Waals surface area contributed by atoms with Gasteiger partial charge in [-0.25, -0.2) is 0 Å². The Kier molecular flexibility index (Phi) is 5.28. The molecule has 0 spiro atoms. The van der Waals surface area contributed by atoms with E-state index in [0.29, 0.717) is 28.6 Å². The van der Waals surface area contributed by atoms with Crippen LogP contribution in [0.15, 0.2) is 48.7 Å². The van der Waals surface area contributed by atoms with Gasteiger partial charge in [0.05, 0.1) is 16.4 Å². The van der Waals surface area contributed by atoms with Gasteiger partial charge >= 0.3 is 0 Å². The normalized spacial score (nSPS) is 10.6. The Morgan fingerprint density at radius 1 is 1.19 bits per heavy atom. The predicted molar refractivity (Wildman–Crippen MR) is 103 cm³/mol. The number of carbonyl (C=O) groups is 1. The monoisotopic (exact) mass is 369 g/mol. The highest BCUT2D eigenvalue weighted by atomic mass is 35.5. The lowest BCUT2D eigenvalue weighted by molar-refractivity contribution is 0.102. The predicted octanol–water partition coefficient (Wildman–Crippen LogP) is 4.52. The van der Waals surface area contributed by atoms with Crippen molar-refractivity contribution in [1.82, 2.24) is 9.78 Å². The summed E-state index contributed by atoms with van der Waals surface area (Å²) in [7, 11) is 1.82. The van der Waals surface area contributed by atoms with Crippen molar-refractivity contribution in [3.63, 3.8) is 0 Å². The summed E-state index contributed by atoms with van der Waals surface area (Å²) >= 11 is 6.14. The molecule has 5 nitrogen and oxygen atoms in total. The topological polar surface area (TPSA) is 56.1 Å². The number of benzene rings is 2. The average Bonchev–Trinajstić information content (AvgIpc) is 2.93. The highest BCUT2D eigenvalue weighted by Crippen LogP contribution is 2.26. The summed E-state index contributed by atoms with van der Waals surface area (Å²) in [6.07, 6.45) is 1.78. The van der Waals surface area contributed by atoms with Crippen LogP contribution in [0.4, 0.5) is 5.69 Å². The van der Waals surface area contributed by atoms with Crippen molar-refractivity contribution in [3.05, 3.63) is 76.1 Å². The van der Waals surface area contributed by atoms with Crippen LogP contribution in [0.25, 0.3) is 0 Å². The Hall–Kier alpha value is -2.79. The second kappa shape index (κ2) is 7.62. The molecular weight excluding hydrogens is 350 g/mol. The van der Waals surface area contributed by atoms with Gasteiger partial charge in [0.25, 0.3) is 5.91 Å². The second-order valence-corrected chi connectivity index (χ2v) is 6.58. The van der Waals surface area contributed by atoms with E-state index in [9.17, 15) is 4.79 Å². The van der Waals surface area contributed by atoms with E-state index in [1.807, 2.05) is 51.2 Å². The van der Waals surface area contributed by atoms with Crippen molar-refractivity contribution in [2.24, 2.45) is 7.05 Å². The Morgan fingerprint density at radius 2 is 1.92 bits per heavy atom. The molecule has 0 radical (unpaired) electrons. The van der Waals surface area contributed by atoms with Gasteiger partial charge in [0.15, 0.2) is 0 Å². The number of hydrogen-bond donors (Lipinski definition) is 1. The van der Waals surface area contributed by atoms with E-state index in [2.05, 4.69) is 10.4 Å². The fraction of sp³-hybridized carbons (Fsp3) is 0.200. The van der Waals surface area contributed by atoms with Crippen LogP contribution in [0.2, 0.25) is 5.02 Å². The molecule has 0 saturated carbocycles. The van der Waals surface area contributed by atoms with E-state index in [1.54, 1.807) is 23.0 Å². The molecule has 0 atom stereocenters. The van der Waals surface area contributed by atoms with Crippen molar-refractivity contribution in [2.45, 2.75) is 20.5 Å². The minimum absolute atomic E-state index is 0.171. The highest BCUT2D eigenvalue weighted by Gasteiger charge is 2.10. The number of rotatable bonds is 5. The lowest BCUT2D eigenvalue weighted by Gasteiger charge is -2.09. The number of nitrogens with zero attached hydrogens (tertiary/aromatic N) is 2. The van der Waals surface area contributed by atoms with Gasteiger partial charge < -0.3 is 10.1 Å². The number of ether oxygens (including phenoxy) is 1. The van der Waals surface area contributed by atoms with Crippen LogP contribution in [0.5, 0.6) is 5.75 Å². The standard InChI is InChI=1S/C20H20ClN3O2/c1-13-4-9-17(21)19(10-13)26-12-15-5-7-16(8-6-15)20(25)22-18-11-24(3)23-14(18)2/h4-11H,12H2,1-3H3,(H,22,25). The van der Waals surface area contributed by atoms with E-state index in [-0.39, 0.29) is 5.91 Å². The zero-order chi connectivity index (χ0) is 18.7. The Balaban J connectivity index is 1.63. The molecule has 0 bridgehead atoms. The molecule has 6 heteroatoms. The lowest BCUT2D eigenvalue weighted by atomic mass is 10.1. The van der Waals surface area contributed by atoms with Gasteiger partial charge in [-0.1, -0.05) is 29.8 Å². The van der Waals surface area contributed by atoms with E-state index in [0.717, 1.165) is 16.8 Å². The zero-order valence-electron chi connectivity index (χ0n) is 14.9. The largest absolute Gasteiger partial charge is 0.487 e. The van der Waals surface area contributed by atoms with Gasteiger partial charge in [0.1, 0.15) is 12.4 Å². The van der Waals surface area contributed by atoms with Crippen LogP contribution in [0.3, 0.4) is 0 Å². The number of aromatic nitrogens is 2. The van der Waals surface area contributed by atoms with E-state index < -0.39 is 0 Å². The summed E-state index contributed by atoms with van der Waals surface area (Å²) in [6, 6.07) is 13.0. The van der Waals surface area contributed by atoms with Crippen molar-refractivity contribution in [3.8, 4) is 5.75 Å². The molecule has 0 aliphatic carbocycles. The van der Waals surface area contributed by atoms with Gasteiger partial charge in [0, 0.05) is 18.8 Å². The third-order valence-electron chi connectivity index (χ3n) is 3.96. The molecule has 0 fully saturated rings. The molecule has 1 amide bonds. The van der Waals surface area contributed by atoms with Crippen LogP contribution in [-0.4, -0.2) is 15.7 Å². The molecular formula is C20H20ClN3O2. The highest BCUT2D eigenvalue weighted by molar-refractivity contribution is 6.32. The van der Waals surface area contributed by atoms with Crippen molar-refractivity contribution < 1.29 is 9.53 Å². The van der Waals surface area contributed by atoms with E-state index in [1.165, 1.54) is 0 Å². The smallest absolute Gasteiger partial charge is 0.255 e. The maximum absolute atomic E-state index is 12.4. The average molecular weight is 370 g/mol. The van der Waals surface area contributed by atoms with Gasteiger partial charge in [-0.15, -0.1) is 0 Å². The summed E-state index contributed by atoms with van der Waals surface area (Å²) in [5, 5.41) is 7.66. The molecule has 0 aliphatic rings. The zero-order valence-corrected chi connectivity index (χ0v) is 15.7. The first-order valence-corrected chi connectivity index (χ1v) is 8.59. The Labute approximate surface area is 157 Å². The van der Waals surface area contributed by atoms with Crippen molar-refractivity contribution in [2.75, 3.05) is 5.32 Å². The number of halogens is 1. The minimum Gasteiger partial charge on any atom is -0.487 e. The summed E-state index contributed by atoms with van der Waals surface area (Å²) in [6.45, 7) is 4.22. The quantitative estimate of drug-likeness (QED) is 0.719. The van der Waals surface area contributed by atoms with Gasteiger partial charge in [-0.3, -0.25) is 9.48 Å². The molecule has 134 valence electrons. The molecule has 3 rings (SSSR count). The first-order valence-electron chi connectivity index (χ1n) is 8.22. The minimum atomic E-state index is -0.171. The molecule has 1 aromatic heterocycles. The molecule has 0 saturated heterocycles. The second-order valence-electron chi connectivity index (χ2n) is 6.18. The van der Waals surface area contributed by atoms with Gasteiger partial charge in [-0.2, -0.15) is 5.10 Å². The fourth-order valence-electron chi connectivity index (χ4n) is 2.55. The molecule has 2 aromatic carbocycles. The van der Waals surface area contributed by atoms with Crippen LogP contribution in [0, 0.1) is 13.8 Å². The van der Waals surface area contributed by atoms with Crippen molar-refractivity contribution in [1.29, 1.82) is 0 Å². The van der Waals surface area contributed by atoms with Crippen LogP contribution in [0.1, 0.15) is 27.2 Å². The molecule has 0 aliphatic heterocycles. The van der Waals surface area contributed by atoms with E-state index in [4.69, 9.17) is 16.3 Å². The van der Waals surface area contributed by atoms with Gasteiger partial charge in [0.2, 0.25) is 0 Å². The molecule has 0 unspecified atom stereocenters. The maximum Gasteiger partial charge on any atom is 0.255 e. The third kappa shape index (κ3) is 4.24. The molecule has 3 aromatic rings. The Bertz CT molecular complexity index is 933. The number of hydrogen-bond acceptors (Lipinski definition) is 3. The van der Waals surface area contributed by atoms with Gasteiger partial charge in [-0.05, 0) is 49.2 Å². The van der Waals surface area contributed by atoms with E-state index >= 15 is 0 Å². The number of carbonyl (C=O) groups excluding carboxylic acids is 1. The summed E-state index contributed by atoms with van der Waals surface area (Å²) in [5.41, 5.74) is 4.10. The van der Waals surface area contributed by atoms with Crippen LogP contribution in [-0.2, 0) is 13.7 Å².